The van der Waals surface area contributed by atoms with E-state index in [2.05, 4.69) is 82.8 Å². The third kappa shape index (κ3) is 2.35. The number of fused-ring (bicyclic) bond motifs is 2. The van der Waals surface area contributed by atoms with E-state index >= 15 is 0 Å². The maximum atomic E-state index is 4.64. The molecule has 5 aromatic rings. The van der Waals surface area contributed by atoms with Crippen LogP contribution in [0.3, 0.4) is 0 Å². The van der Waals surface area contributed by atoms with Gasteiger partial charge in [-0.25, -0.2) is 9.97 Å². The molecule has 1 aromatic heterocycles. The highest BCUT2D eigenvalue weighted by atomic mass is 14.8. The molecule has 0 N–H and O–H groups in total. The van der Waals surface area contributed by atoms with Crippen molar-refractivity contribution in [2.24, 2.45) is 0 Å². The zero-order valence-corrected chi connectivity index (χ0v) is 14.1. The first-order valence-electron chi connectivity index (χ1n) is 8.69. The number of para-hydroxylation sites is 1. The first-order valence-corrected chi connectivity index (χ1v) is 8.69. The van der Waals surface area contributed by atoms with Gasteiger partial charge < -0.3 is 0 Å². The summed E-state index contributed by atoms with van der Waals surface area (Å²) in [5.41, 5.74) is 5.40. The number of nitrogens with zero attached hydrogens (tertiary/aromatic N) is 2. The Labute approximate surface area is 151 Å². The Kier molecular flexibility index (Phi) is 3.46. The molecule has 0 saturated heterocycles. The standard InChI is InChI=1S/C24H16N2/c1-2-9-18(10-3-1)23-22-15-7-14-21(24(22)26-16-25-23)20-13-6-11-17-8-4-5-12-19(17)20/h1-16H. The van der Waals surface area contributed by atoms with Crippen LogP contribution in [0.1, 0.15) is 0 Å². The van der Waals surface area contributed by atoms with E-state index in [1.54, 1.807) is 6.33 Å². The fourth-order valence-electron chi connectivity index (χ4n) is 3.59. The smallest absolute Gasteiger partial charge is 0.116 e. The molecular formula is C24H16N2. The lowest BCUT2D eigenvalue weighted by Crippen LogP contribution is -1.92. The normalized spacial score (nSPS) is 11.1. The van der Waals surface area contributed by atoms with Crippen LogP contribution in [0.25, 0.3) is 44.1 Å². The largest absolute Gasteiger partial charge is 0.236 e. The molecule has 0 spiro atoms. The van der Waals surface area contributed by atoms with Crippen molar-refractivity contribution in [1.29, 1.82) is 0 Å². The second-order valence-electron chi connectivity index (χ2n) is 6.32. The van der Waals surface area contributed by atoms with E-state index in [-0.39, 0.29) is 0 Å². The lowest BCUT2D eigenvalue weighted by atomic mass is 9.95. The van der Waals surface area contributed by atoms with Crippen LogP contribution in [0.4, 0.5) is 0 Å². The van der Waals surface area contributed by atoms with Crippen LogP contribution >= 0.6 is 0 Å². The van der Waals surface area contributed by atoms with Crippen LogP contribution in [0.2, 0.25) is 0 Å². The Morgan fingerprint density at radius 1 is 0.500 bits per heavy atom. The fourth-order valence-corrected chi connectivity index (χ4v) is 3.59. The van der Waals surface area contributed by atoms with Gasteiger partial charge in [-0.1, -0.05) is 91.0 Å². The molecule has 0 bridgehead atoms. The van der Waals surface area contributed by atoms with Crippen molar-refractivity contribution >= 4 is 21.7 Å². The second-order valence-corrected chi connectivity index (χ2v) is 6.32. The summed E-state index contributed by atoms with van der Waals surface area (Å²) in [6.07, 6.45) is 1.67. The topological polar surface area (TPSA) is 25.8 Å². The van der Waals surface area contributed by atoms with E-state index < -0.39 is 0 Å². The highest BCUT2D eigenvalue weighted by Crippen LogP contribution is 2.35. The van der Waals surface area contributed by atoms with Crippen LogP contribution in [0, 0.1) is 0 Å². The molecule has 2 heteroatoms. The number of aromatic nitrogens is 2. The molecule has 5 rings (SSSR count). The Hall–Kier alpha value is -3.52. The van der Waals surface area contributed by atoms with Crippen LogP contribution in [0.15, 0.2) is 97.3 Å². The van der Waals surface area contributed by atoms with Gasteiger partial charge in [0.05, 0.1) is 11.2 Å². The molecular weight excluding hydrogens is 316 g/mol. The molecule has 0 aliphatic carbocycles. The van der Waals surface area contributed by atoms with E-state index in [0.717, 1.165) is 27.7 Å². The first kappa shape index (κ1) is 14.8. The Bertz CT molecular complexity index is 1220. The lowest BCUT2D eigenvalue weighted by molar-refractivity contribution is 1.22. The zero-order valence-electron chi connectivity index (χ0n) is 14.1. The summed E-state index contributed by atoms with van der Waals surface area (Å²) in [5.74, 6) is 0. The van der Waals surface area contributed by atoms with Crippen LogP contribution in [-0.4, -0.2) is 9.97 Å². The maximum Gasteiger partial charge on any atom is 0.116 e. The van der Waals surface area contributed by atoms with E-state index in [0.29, 0.717) is 0 Å². The third-order valence-corrected chi connectivity index (χ3v) is 4.79. The van der Waals surface area contributed by atoms with E-state index in [1.807, 2.05) is 18.2 Å². The summed E-state index contributed by atoms with van der Waals surface area (Å²) in [6.45, 7) is 0. The summed E-state index contributed by atoms with van der Waals surface area (Å²) >= 11 is 0. The molecule has 0 amide bonds. The Morgan fingerprint density at radius 2 is 1.19 bits per heavy atom. The van der Waals surface area contributed by atoms with Crippen molar-refractivity contribution in [2.75, 3.05) is 0 Å². The highest BCUT2D eigenvalue weighted by molar-refractivity contribution is 6.06. The average Bonchev–Trinajstić information content (AvgIpc) is 2.73. The monoisotopic (exact) mass is 332 g/mol. The highest BCUT2D eigenvalue weighted by Gasteiger charge is 2.12. The molecule has 0 aliphatic heterocycles. The number of hydrogen-bond acceptors (Lipinski definition) is 2. The number of hydrogen-bond donors (Lipinski definition) is 0. The van der Waals surface area contributed by atoms with Crippen molar-refractivity contribution in [2.45, 2.75) is 0 Å². The molecule has 0 fully saturated rings. The van der Waals surface area contributed by atoms with Crippen molar-refractivity contribution < 1.29 is 0 Å². The van der Waals surface area contributed by atoms with Crippen molar-refractivity contribution in [1.82, 2.24) is 9.97 Å². The number of rotatable bonds is 2. The van der Waals surface area contributed by atoms with Gasteiger partial charge in [0.25, 0.3) is 0 Å². The minimum Gasteiger partial charge on any atom is -0.236 e. The summed E-state index contributed by atoms with van der Waals surface area (Å²) in [5, 5.41) is 3.55. The SMILES string of the molecule is c1ccc(-c2ncnc3c(-c4cccc5ccccc45)cccc23)cc1. The van der Waals surface area contributed by atoms with Gasteiger partial charge in [0.1, 0.15) is 6.33 Å². The first-order chi connectivity index (χ1) is 12.9. The molecule has 122 valence electrons. The van der Waals surface area contributed by atoms with E-state index in [1.165, 1.54) is 16.3 Å². The summed E-state index contributed by atoms with van der Waals surface area (Å²) < 4.78 is 0. The van der Waals surface area contributed by atoms with Gasteiger partial charge in [0.15, 0.2) is 0 Å². The lowest BCUT2D eigenvalue weighted by Gasteiger charge is -2.11. The molecule has 0 radical (unpaired) electrons. The maximum absolute atomic E-state index is 4.64. The van der Waals surface area contributed by atoms with Gasteiger partial charge in [-0.3, -0.25) is 0 Å². The van der Waals surface area contributed by atoms with Crippen molar-refractivity contribution in [3.05, 3.63) is 97.3 Å². The predicted octanol–water partition coefficient (Wildman–Crippen LogP) is 6.12. The molecule has 0 aliphatic rings. The Morgan fingerprint density at radius 3 is 2.12 bits per heavy atom. The third-order valence-electron chi connectivity index (χ3n) is 4.79. The van der Waals surface area contributed by atoms with Crippen LogP contribution in [-0.2, 0) is 0 Å². The Balaban J connectivity index is 1.83. The fraction of sp³-hybridized carbons (Fsp3) is 0. The molecule has 4 aromatic carbocycles. The average molecular weight is 332 g/mol. The van der Waals surface area contributed by atoms with Gasteiger partial charge >= 0.3 is 0 Å². The molecule has 1 heterocycles. The molecule has 0 saturated carbocycles. The van der Waals surface area contributed by atoms with Crippen LogP contribution < -0.4 is 0 Å². The van der Waals surface area contributed by atoms with E-state index in [9.17, 15) is 0 Å². The van der Waals surface area contributed by atoms with Crippen molar-refractivity contribution in [3.63, 3.8) is 0 Å². The van der Waals surface area contributed by atoms with Crippen molar-refractivity contribution in [3.8, 4) is 22.4 Å². The summed E-state index contributed by atoms with van der Waals surface area (Å²) in [7, 11) is 0. The van der Waals surface area contributed by atoms with Gasteiger partial charge in [0, 0.05) is 16.5 Å². The molecule has 26 heavy (non-hydrogen) atoms. The minimum atomic E-state index is 0.970. The molecule has 2 nitrogen and oxygen atoms in total. The predicted molar refractivity (Wildman–Crippen MR) is 108 cm³/mol. The van der Waals surface area contributed by atoms with E-state index in [4.69, 9.17) is 0 Å². The van der Waals surface area contributed by atoms with Gasteiger partial charge in [-0.2, -0.15) is 0 Å². The minimum absolute atomic E-state index is 0.970. The zero-order chi connectivity index (χ0) is 17.3. The summed E-state index contributed by atoms with van der Waals surface area (Å²) in [4.78, 5) is 9.20. The molecule has 0 unspecified atom stereocenters. The van der Waals surface area contributed by atoms with Crippen LogP contribution in [0.5, 0.6) is 0 Å². The number of benzene rings is 4. The van der Waals surface area contributed by atoms with Gasteiger partial charge in [-0.05, 0) is 16.3 Å². The molecule has 0 atom stereocenters. The van der Waals surface area contributed by atoms with Gasteiger partial charge in [0.2, 0.25) is 0 Å². The second kappa shape index (κ2) is 6.08. The quantitative estimate of drug-likeness (QED) is 0.389. The van der Waals surface area contributed by atoms with Gasteiger partial charge in [-0.15, -0.1) is 0 Å². The summed E-state index contributed by atoms with van der Waals surface area (Å²) in [6, 6.07) is 31.5.